The summed E-state index contributed by atoms with van der Waals surface area (Å²) in [5.74, 6) is -0.418. The molecule has 0 unspecified atom stereocenters. The van der Waals surface area contributed by atoms with Crippen molar-refractivity contribution >= 4 is 34.7 Å². The fourth-order valence-corrected chi connectivity index (χ4v) is 5.69. The van der Waals surface area contributed by atoms with Crippen LogP contribution in [0.25, 0.3) is 10.8 Å². The zero-order valence-electron chi connectivity index (χ0n) is 18.6. The van der Waals surface area contributed by atoms with Crippen LogP contribution in [0.4, 0.5) is 0 Å². The lowest BCUT2D eigenvalue weighted by atomic mass is 9.85. The molecule has 2 aliphatic carbocycles. The number of morpholine rings is 1. The largest absolute Gasteiger partial charge is 0.483 e. The number of carbonyl (C=O) groups excluding carboxylic acids is 3. The molecule has 2 saturated heterocycles. The molecule has 174 valence electrons. The van der Waals surface area contributed by atoms with Crippen LogP contribution in [0.5, 0.6) is 5.75 Å². The second kappa shape index (κ2) is 8.36. The van der Waals surface area contributed by atoms with E-state index in [1.807, 2.05) is 30.3 Å². The number of amides is 3. The predicted octanol–water partition coefficient (Wildman–Crippen LogP) is 2.22. The third-order valence-electron chi connectivity index (χ3n) is 7.40. The number of imide groups is 1. The lowest BCUT2D eigenvalue weighted by molar-refractivity contribution is -0.140. The molecule has 8 nitrogen and oxygen atoms in total. The first kappa shape index (κ1) is 21.0. The molecule has 0 N–H and O–H groups in total. The van der Waals surface area contributed by atoms with Crippen LogP contribution in [0.2, 0.25) is 0 Å². The van der Waals surface area contributed by atoms with Crippen LogP contribution in [0.3, 0.4) is 0 Å². The molecule has 4 atom stereocenters. The van der Waals surface area contributed by atoms with Crippen molar-refractivity contribution < 1.29 is 23.9 Å². The molecule has 2 aliphatic heterocycles. The zero-order valence-corrected chi connectivity index (χ0v) is 18.6. The summed E-state index contributed by atoms with van der Waals surface area (Å²) >= 11 is 0. The molecule has 2 aromatic rings. The van der Waals surface area contributed by atoms with E-state index in [9.17, 15) is 14.4 Å². The van der Waals surface area contributed by atoms with Crippen molar-refractivity contribution in [2.24, 2.45) is 28.8 Å². The van der Waals surface area contributed by atoms with Gasteiger partial charge in [0.1, 0.15) is 5.75 Å². The fraction of sp³-hybridized carbons (Fsp3) is 0.385. The van der Waals surface area contributed by atoms with Gasteiger partial charge in [-0.05, 0) is 35.1 Å². The van der Waals surface area contributed by atoms with Crippen molar-refractivity contribution in [3.8, 4) is 5.75 Å². The number of hydrogen-bond acceptors (Lipinski definition) is 6. The monoisotopic (exact) mass is 459 g/mol. The van der Waals surface area contributed by atoms with Gasteiger partial charge < -0.3 is 14.4 Å². The molecule has 2 aromatic carbocycles. The molecule has 8 heteroatoms. The van der Waals surface area contributed by atoms with E-state index in [0.29, 0.717) is 37.6 Å². The molecule has 0 radical (unpaired) electrons. The van der Waals surface area contributed by atoms with Crippen molar-refractivity contribution in [1.82, 2.24) is 9.91 Å². The molecule has 2 heterocycles. The van der Waals surface area contributed by atoms with E-state index < -0.39 is 0 Å². The van der Waals surface area contributed by atoms with Gasteiger partial charge in [-0.25, -0.2) is 0 Å². The van der Waals surface area contributed by atoms with Crippen LogP contribution >= 0.6 is 0 Å². The number of carbonyl (C=O) groups is 3. The molecular weight excluding hydrogens is 434 g/mol. The van der Waals surface area contributed by atoms with E-state index in [1.165, 1.54) is 6.21 Å². The van der Waals surface area contributed by atoms with Gasteiger partial charge in [-0.2, -0.15) is 10.1 Å². The number of benzene rings is 2. The molecule has 4 aliphatic rings. The topological polar surface area (TPSA) is 88.5 Å². The van der Waals surface area contributed by atoms with E-state index in [-0.39, 0.29) is 48.0 Å². The number of allylic oxidation sites excluding steroid dienone is 2. The average molecular weight is 460 g/mol. The van der Waals surface area contributed by atoms with Gasteiger partial charge in [-0.15, -0.1) is 0 Å². The highest BCUT2D eigenvalue weighted by Gasteiger charge is 2.59. The van der Waals surface area contributed by atoms with Gasteiger partial charge in [0, 0.05) is 18.7 Å². The first-order chi connectivity index (χ1) is 16.6. The number of rotatable bonds is 5. The summed E-state index contributed by atoms with van der Waals surface area (Å²) in [6.07, 6.45) is 6.52. The van der Waals surface area contributed by atoms with Crippen LogP contribution < -0.4 is 4.74 Å². The molecule has 1 saturated carbocycles. The third-order valence-corrected chi connectivity index (χ3v) is 7.40. The SMILES string of the molecule is O=C(COc1ccc2ccccc2c1C=NN1C(=O)[C@@H]2[C@H](C1=O)[C@H]1C=C[C@H]2C1)N1CCOCC1. The Balaban J connectivity index is 1.27. The molecule has 2 bridgehead atoms. The van der Waals surface area contributed by atoms with Gasteiger partial charge in [-0.1, -0.05) is 42.5 Å². The van der Waals surface area contributed by atoms with Crippen molar-refractivity contribution in [3.63, 3.8) is 0 Å². The minimum Gasteiger partial charge on any atom is -0.483 e. The maximum absolute atomic E-state index is 13.0. The first-order valence-corrected chi connectivity index (χ1v) is 11.7. The summed E-state index contributed by atoms with van der Waals surface area (Å²) in [5.41, 5.74) is 0.631. The molecule has 6 rings (SSSR count). The summed E-state index contributed by atoms with van der Waals surface area (Å²) in [5, 5.41) is 7.22. The highest BCUT2D eigenvalue weighted by Crippen LogP contribution is 2.52. The normalized spacial score (nSPS) is 27.9. The van der Waals surface area contributed by atoms with Gasteiger partial charge in [0.05, 0.1) is 31.3 Å². The Hall–Kier alpha value is -3.52. The van der Waals surface area contributed by atoms with Crippen LogP contribution in [-0.4, -0.2) is 66.8 Å². The lowest BCUT2D eigenvalue weighted by Gasteiger charge is -2.26. The minimum atomic E-state index is -0.297. The Kier molecular flexibility index (Phi) is 5.17. The summed E-state index contributed by atoms with van der Waals surface area (Å²) in [6.45, 7) is 2.03. The maximum Gasteiger partial charge on any atom is 0.260 e. The number of ether oxygens (including phenoxy) is 2. The van der Waals surface area contributed by atoms with Crippen LogP contribution in [0.1, 0.15) is 12.0 Å². The molecule has 3 fully saturated rings. The number of hydrazone groups is 1. The maximum atomic E-state index is 13.0. The Morgan fingerprint density at radius 2 is 1.74 bits per heavy atom. The number of nitrogens with zero attached hydrogens (tertiary/aromatic N) is 3. The van der Waals surface area contributed by atoms with Gasteiger partial charge in [0.15, 0.2) is 6.61 Å². The highest BCUT2D eigenvalue weighted by molar-refractivity contribution is 6.08. The predicted molar refractivity (Wildman–Crippen MR) is 124 cm³/mol. The van der Waals surface area contributed by atoms with E-state index in [1.54, 1.807) is 11.0 Å². The quantitative estimate of drug-likeness (QED) is 0.389. The standard InChI is InChI=1S/C26H25N3O5/c30-22(28-9-11-33-12-10-28)15-34-21-8-7-16-3-1-2-4-19(16)20(21)14-27-29-25(31)23-17-5-6-18(13-17)24(23)26(29)32/h1-8,14,17-18,23-24H,9-13,15H2/t17-,18-,23-,24+/m0/s1. The van der Waals surface area contributed by atoms with Crippen LogP contribution in [-0.2, 0) is 19.1 Å². The summed E-state index contributed by atoms with van der Waals surface area (Å²) < 4.78 is 11.2. The minimum absolute atomic E-state index is 0.111. The Bertz CT molecular complexity index is 1200. The van der Waals surface area contributed by atoms with E-state index in [2.05, 4.69) is 17.3 Å². The second-order valence-corrected chi connectivity index (χ2v) is 9.21. The molecule has 3 amide bonds. The molecule has 0 aromatic heterocycles. The van der Waals surface area contributed by atoms with E-state index in [4.69, 9.17) is 9.47 Å². The fourth-order valence-electron chi connectivity index (χ4n) is 5.69. The van der Waals surface area contributed by atoms with Gasteiger partial charge >= 0.3 is 0 Å². The van der Waals surface area contributed by atoms with Crippen LogP contribution in [0, 0.1) is 23.7 Å². The molecule has 34 heavy (non-hydrogen) atoms. The van der Waals surface area contributed by atoms with Crippen molar-refractivity contribution in [2.45, 2.75) is 6.42 Å². The molecular formula is C26H25N3O5. The van der Waals surface area contributed by atoms with E-state index in [0.717, 1.165) is 22.2 Å². The smallest absolute Gasteiger partial charge is 0.260 e. The Labute approximate surface area is 196 Å². The van der Waals surface area contributed by atoms with Gasteiger partial charge in [0.2, 0.25) is 0 Å². The number of fused-ring (bicyclic) bond motifs is 6. The second-order valence-electron chi connectivity index (χ2n) is 9.21. The summed E-state index contributed by atoms with van der Waals surface area (Å²) in [7, 11) is 0. The zero-order chi connectivity index (χ0) is 23.2. The Morgan fingerprint density at radius 3 is 2.47 bits per heavy atom. The van der Waals surface area contributed by atoms with Crippen LogP contribution in [0.15, 0.2) is 53.7 Å². The van der Waals surface area contributed by atoms with Crippen molar-refractivity contribution in [2.75, 3.05) is 32.9 Å². The first-order valence-electron chi connectivity index (χ1n) is 11.7. The van der Waals surface area contributed by atoms with Crippen molar-refractivity contribution in [3.05, 3.63) is 54.1 Å². The van der Waals surface area contributed by atoms with Gasteiger partial charge in [0.25, 0.3) is 17.7 Å². The van der Waals surface area contributed by atoms with Gasteiger partial charge in [-0.3, -0.25) is 14.4 Å². The van der Waals surface area contributed by atoms with Crippen molar-refractivity contribution in [1.29, 1.82) is 0 Å². The third kappa shape index (κ3) is 3.40. The highest BCUT2D eigenvalue weighted by atomic mass is 16.5. The lowest BCUT2D eigenvalue weighted by Crippen LogP contribution is -2.43. The summed E-state index contributed by atoms with van der Waals surface area (Å²) in [4.78, 5) is 40.3. The van der Waals surface area contributed by atoms with E-state index >= 15 is 0 Å². The molecule has 0 spiro atoms. The average Bonchev–Trinajstić information content (AvgIpc) is 3.56. The Morgan fingerprint density at radius 1 is 1.03 bits per heavy atom. The summed E-state index contributed by atoms with van der Waals surface area (Å²) in [6, 6.07) is 11.4. The number of hydrogen-bond donors (Lipinski definition) is 0.